The quantitative estimate of drug-likeness (QED) is 0.532. The summed E-state index contributed by atoms with van der Waals surface area (Å²) in [5, 5.41) is 7.57. The Balaban J connectivity index is 1.55. The molecule has 9 heteroatoms. The first-order chi connectivity index (χ1) is 17.1. The van der Waals surface area contributed by atoms with Crippen LogP contribution in [0.15, 0.2) is 42.5 Å². The lowest BCUT2D eigenvalue weighted by Gasteiger charge is -2.31. The number of nitrogens with one attached hydrogen (secondary N) is 1. The van der Waals surface area contributed by atoms with Gasteiger partial charge in [0.05, 0.1) is 46.3 Å². The minimum Gasteiger partial charge on any atom is -0.497 e. The number of morpholine rings is 1. The van der Waals surface area contributed by atoms with E-state index in [2.05, 4.69) is 15.1 Å². The maximum absolute atomic E-state index is 13.6. The Hall–Kier alpha value is -3.56. The van der Waals surface area contributed by atoms with E-state index in [1.54, 1.807) is 21.3 Å². The van der Waals surface area contributed by atoms with Crippen LogP contribution in [-0.2, 0) is 4.74 Å². The molecule has 35 heavy (non-hydrogen) atoms. The highest BCUT2D eigenvalue weighted by molar-refractivity contribution is 6.00. The summed E-state index contributed by atoms with van der Waals surface area (Å²) < 4.78 is 21.8. The number of carbonyl (C=O) groups is 1. The predicted molar refractivity (Wildman–Crippen MR) is 130 cm³/mol. The maximum atomic E-state index is 13.6. The molecular weight excluding hydrogens is 448 g/mol. The van der Waals surface area contributed by atoms with Crippen LogP contribution in [0, 0.1) is 0 Å². The normalized spacial score (nSPS) is 18.0. The van der Waals surface area contributed by atoms with Crippen LogP contribution in [0.1, 0.15) is 27.7 Å². The van der Waals surface area contributed by atoms with E-state index in [1.165, 1.54) is 0 Å². The number of aromatic amines is 1. The first-order valence-electron chi connectivity index (χ1n) is 11.7. The van der Waals surface area contributed by atoms with E-state index in [4.69, 9.17) is 18.9 Å². The average Bonchev–Trinajstić information content (AvgIpc) is 3.46. The van der Waals surface area contributed by atoms with Crippen LogP contribution < -0.4 is 14.2 Å². The molecule has 0 saturated carbocycles. The van der Waals surface area contributed by atoms with Gasteiger partial charge in [0, 0.05) is 37.3 Å². The molecule has 184 valence electrons. The van der Waals surface area contributed by atoms with Gasteiger partial charge in [-0.05, 0) is 42.0 Å². The lowest BCUT2D eigenvalue weighted by atomic mass is 9.95. The fourth-order valence-electron chi connectivity index (χ4n) is 4.84. The zero-order chi connectivity index (χ0) is 24.4. The van der Waals surface area contributed by atoms with E-state index in [-0.39, 0.29) is 11.9 Å². The highest BCUT2D eigenvalue weighted by atomic mass is 16.5. The van der Waals surface area contributed by atoms with Gasteiger partial charge in [0.2, 0.25) is 0 Å². The van der Waals surface area contributed by atoms with Crippen LogP contribution in [0.2, 0.25) is 0 Å². The molecule has 2 aromatic carbocycles. The lowest BCUT2D eigenvalue weighted by Crippen LogP contribution is -2.42. The van der Waals surface area contributed by atoms with Gasteiger partial charge in [-0.3, -0.25) is 14.8 Å². The fraction of sp³-hybridized carbons (Fsp3) is 0.385. The zero-order valence-corrected chi connectivity index (χ0v) is 20.2. The zero-order valence-electron chi connectivity index (χ0n) is 20.2. The minimum absolute atomic E-state index is 0.0553. The molecule has 1 amide bonds. The van der Waals surface area contributed by atoms with E-state index < -0.39 is 0 Å². The first-order valence-corrected chi connectivity index (χ1v) is 11.7. The van der Waals surface area contributed by atoms with Crippen molar-refractivity contribution >= 4 is 5.91 Å². The van der Waals surface area contributed by atoms with Gasteiger partial charge >= 0.3 is 0 Å². The molecule has 1 fully saturated rings. The van der Waals surface area contributed by atoms with Crippen LogP contribution in [0.3, 0.4) is 0 Å². The standard InChI is InChI=1S/C26H30N4O5/c1-32-19-7-4-17(5-8-19)23-22-24(28-27-23)26(31)30(11-10-29-12-14-35-15-13-29)25(22)18-6-9-20(33-2)21(16-18)34-3/h4-9,16,25H,10-15H2,1-3H3,(H,27,28). The SMILES string of the molecule is COc1ccc(-c2n[nH]c3c2C(c2ccc(OC)c(OC)c2)N(CCN2CCOCC2)C3=O)cc1. The van der Waals surface area contributed by atoms with Crippen molar-refractivity contribution < 1.29 is 23.7 Å². The van der Waals surface area contributed by atoms with Gasteiger partial charge in [0.15, 0.2) is 11.5 Å². The van der Waals surface area contributed by atoms with Gasteiger partial charge in [-0.25, -0.2) is 0 Å². The number of rotatable bonds is 8. The van der Waals surface area contributed by atoms with Crippen LogP contribution in [0.4, 0.5) is 0 Å². The summed E-state index contributed by atoms with van der Waals surface area (Å²) in [5.41, 5.74) is 4.00. The second-order valence-electron chi connectivity index (χ2n) is 8.56. The Bertz CT molecular complexity index is 1190. The van der Waals surface area contributed by atoms with Crippen molar-refractivity contribution in [3.05, 3.63) is 59.3 Å². The third kappa shape index (κ3) is 4.33. The monoisotopic (exact) mass is 478 g/mol. The van der Waals surface area contributed by atoms with E-state index in [9.17, 15) is 4.79 Å². The highest BCUT2D eigenvalue weighted by Crippen LogP contribution is 2.44. The van der Waals surface area contributed by atoms with Crippen molar-refractivity contribution in [2.75, 3.05) is 60.7 Å². The Morgan fingerprint density at radius 3 is 2.40 bits per heavy atom. The van der Waals surface area contributed by atoms with Gasteiger partial charge < -0.3 is 23.8 Å². The topological polar surface area (TPSA) is 89.2 Å². The van der Waals surface area contributed by atoms with Crippen molar-refractivity contribution in [3.8, 4) is 28.5 Å². The number of hydrogen-bond donors (Lipinski definition) is 1. The number of aromatic nitrogens is 2. The number of carbonyl (C=O) groups excluding carboxylic acids is 1. The van der Waals surface area contributed by atoms with E-state index in [1.807, 2.05) is 47.4 Å². The highest BCUT2D eigenvalue weighted by Gasteiger charge is 2.42. The Morgan fingerprint density at radius 2 is 1.71 bits per heavy atom. The number of hydrogen-bond acceptors (Lipinski definition) is 7. The minimum atomic E-state index is -0.311. The van der Waals surface area contributed by atoms with Crippen LogP contribution in [0.5, 0.6) is 17.2 Å². The number of nitrogens with zero attached hydrogens (tertiary/aromatic N) is 3. The number of H-pyrrole nitrogens is 1. The van der Waals surface area contributed by atoms with Gasteiger partial charge in [0.1, 0.15) is 11.4 Å². The van der Waals surface area contributed by atoms with Crippen LogP contribution in [0.25, 0.3) is 11.3 Å². The van der Waals surface area contributed by atoms with Crippen molar-refractivity contribution in [1.82, 2.24) is 20.0 Å². The number of fused-ring (bicyclic) bond motifs is 1. The first kappa shape index (κ1) is 23.2. The largest absolute Gasteiger partial charge is 0.497 e. The third-order valence-corrected chi connectivity index (χ3v) is 6.71. The molecule has 2 aliphatic rings. The van der Waals surface area contributed by atoms with Gasteiger partial charge in [-0.2, -0.15) is 5.10 Å². The summed E-state index contributed by atoms with van der Waals surface area (Å²) in [6.45, 7) is 4.53. The molecule has 0 radical (unpaired) electrons. The average molecular weight is 479 g/mol. The van der Waals surface area contributed by atoms with Crippen LogP contribution >= 0.6 is 0 Å². The molecule has 3 aromatic rings. The number of amides is 1. The Morgan fingerprint density at radius 1 is 0.971 bits per heavy atom. The van der Waals surface area contributed by atoms with Gasteiger partial charge in [0.25, 0.3) is 5.91 Å². The molecule has 1 atom stereocenters. The smallest absolute Gasteiger partial charge is 0.273 e. The molecule has 5 rings (SSSR count). The van der Waals surface area contributed by atoms with E-state index in [0.29, 0.717) is 23.7 Å². The summed E-state index contributed by atoms with van der Waals surface area (Å²) in [7, 11) is 4.87. The molecule has 1 unspecified atom stereocenters. The van der Waals surface area contributed by atoms with Crippen molar-refractivity contribution in [2.45, 2.75) is 6.04 Å². The molecule has 3 heterocycles. The molecule has 9 nitrogen and oxygen atoms in total. The summed E-state index contributed by atoms with van der Waals surface area (Å²) in [6, 6.07) is 13.2. The van der Waals surface area contributed by atoms with Crippen LogP contribution in [-0.4, -0.2) is 86.6 Å². The molecule has 2 aliphatic heterocycles. The van der Waals surface area contributed by atoms with Crippen molar-refractivity contribution in [1.29, 1.82) is 0 Å². The summed E-state index contributed by atoms with van der Waals surface area (Å²) in [6.07, 6.45) is 0. The fourth-order valence-corrected chi connectivity index (χ4v) is 4.84. The number of benzene rings is 2. The molecule has 0 spiro atoms. The summed E-state index contributed by atoms with van der Waals surface area (Å²) in [4.78, 5) is 17.9. The Labute approximate surface area is 204 Å². The molecule has 1 N–H and O–H groups in total. The van der Waals surface area contributed by atoms with Gasteiger partial charge in [-0.1, -0.05) is 6.07 Å². The molecule has 0 aliphatic carbocycles. The van der Waals surface area contributed by atoms with Gasteiger partial charge in [-0.15, -0.1) is 0 Å². The lowest BCUT2D eigenvalue weighted by molar-refractivity contribution is 0.0316. The molecule has 1 saturated heterocycles. The molecule has 1 aromatic heterocycles. The van der Waals surface area contributed by atoms with E-state index in [0.717, 1.165) is 61.0 Å². The Kier molecular flexibility index (Phi) is 6.61. The molecule has 0 bridgehead atoms. The predicted octanol–water partition coefficient (Wildman–Crippen LogP) is 2.98. The maximum Gasteiger partial charge on any atom is 0.273 e. The number of ether oxygens (including phenoxy) is 4. The second kappa shape index (κ2) is 9.97. The number of methoxy groups -OCH3 is 3. The van der Waals surface area contributed by atoms with Crippen molar-refractivity contribution in [2.24, 2.45) is 0 Å². The molecular formula is C26H30N4O5. The third-order valence-electron chi connectivity index (χ3n) is 6.71. The van der Waals surface area contributed by atoms with Crippen molar-refractivity contribution in [3.63, 3.8) is 0 Å². The van der Waals surface area contributed by atoms with E-state index >= 15 is 0 Å². The summed E-state index contributed by atoms with van der Waals surface area (Å²) in [5.74, 6) is 1.97. The second-order valence-corrected chi connectivity index (χ2v) is 8.56. The summed E-state index contributed by atoms with van der Waals surface area (Å²) >= 11 is 0.